The van der Waals surface area contributed by atoms with Crippen LogP contribution >= 0.6 is 0 Å². The summed E-state index contributed by atoms with van der Waals surface area (Å²) in [6.45, 7) is 0. The molecule has 0 spiro atoms. The van der Waals surface area contributed by atoms with Gasteiger partial charge in [-0.25, -0.2) is 0 Å². The number of hydrogen-bond acceptors (Lipinski definition) is 0. The molecule has 0 amide bonds. The van der Waals surface area contributed by atoms with Gasteiger partial charge in [-0.1, -0.05) is 36.5 Å². The molecule has 0 aliphatic heterocycles. The Balaban J connectivity index is 2.58. The molecule has 0 atom stereocenters. The Labute approximate surface area is 66.2 Å². The Hall–Kier alpha value is -1.52. The minimum atomic E-state index is 1.16. The molecule has 0 fully saturated rings. The Kier molecular flexibility index (Phi) is 1.47. The molecule has 0 saturated carbocycles. The van der Waals surface area contributed by atoms with Gasteiger partial charge in [0.2, 0.25) is 0 Å². The van der Waals surface area contributed by atoms with Crippen LogP contribution in [0.15, 0.2) is 65.5 Å². The molecule has 0 nitrogen and oxygen atoms in total. The summed E-state index contributed by atoms with van der Waals surface area (Å²) >= 11 is 0. The maximum absolute atomic E-state index is 3.17. The summed E-state index contributed by atoms with van der Waals surface area (Å²) in [5.74, 6) is 0. The first kappa shape index (κ1) is 6.21. The van der Waals surface area contributed by atoms with Crippen molar-refractivity contribution < 1.29 is 0 Å². The minimum absolute atomic E-state index is 1.16. The first-order valence-electron chi connectivity index (χ1n) is 3.65. The van der Waals surface area contributed by atoms with Gasteiger partial charge in [-0.15, -0.1) is 5.73 Å². The Morgan fingerprint density at radius 3 is 2.91 bits per heavy atom. The Morgan fingerprint density at radius 2 is 1.91 bits per heavy atom. The van der Waals surface area contributed by atoms with E-state index in [1.165, 1.54) is 5.57 Å². The predicted molar refractivity (Wildman–Crippen MR) is 47.1 cm³/mol. The van der Waals surface area contributed by atoms with Crippen molar-refractivity contribution in [1.82, 2.24) is 0 Å². The van der Waals surface area contributed by atoms with Crippen LogP contribution in [0.1, 0.15) is 0 Å². The highest BCUT2D eigenvalue weighted by atomic mass is 14.0. The van der Waals surface area contributed by atoms with Crippen molar-refractivity contribution in [2.24, 2.45) is 0 Å². The van der Waals surface area contributed by atoms with Crippen molar-refractivity contribution in [2.45, 2.75) is 0 Å². The molecule has 0 bridgehead atoms. The molecular weight excluding hydrogens is 132 g/mol. The normalized spacial score (nSPS) is 18.9. The summed E-state index contributed by atoms with van der Waals surface area (Å²) in [5, 5.41) is 0. The molecule has 2 aliphatic carbocycles. The zero-order chi connectivity index (χ0) is 7.52. The zero-order valence-electron chi connectivity index (χ0n) is 6.12. The van der Waals surface area contributed by atoms with Crippen LogP contribution in [-0.2, 0) is 0 Å². The number of fused-ring (bicyclic) bond motifs is 1. The van der Waals surface area contributed by atoms with Crippen LogP contribution in [-0.4, -0.2) is 0 Å². The predicted octanol–water partition coefficient (Wildman–Crippen LogP) is 2.69. The quantitative estimate of drug-likeness (QED) is 0.454. The second-order valence-corrected chi connectivity index (χ2v) is 2.45. The molecule has 0 heterocycles. The lowest BCUT2D eigenvalue weighted by molar-refractivity contribution is 1.54. The average Bonchev–Trinajstić information content (AvgIpc) is 2.28. The third-order valence-corrected chi connectivity index (χ3v) is 1.68. The lowest BCUT2D eigenvalue weighted by Gasteiger charge is -2.00. The molecule has 0 N–H and O–H groups in total. The van der Waals surface area contributed by atoms with Crippen LogP contribution in [0.3, 0.4) is 0 Å². The fraction of sp³-hybridized carbons (Fsp3) is 0. The van der Waals surface area contributed by atoms with Crippen LogP contribution in [0.5, 0.6) is 0 Å². The van der Waals surface area contributed by atoms with Gasteiger partial charge in [0.05, 0.1) is 0 Å². The standard InChI is InChI=1S/C11H8/c1-2-6-10-8-4-5-9-11(10)7-3-1/h1-8H. The van der Waals surface area contributed by atoms with E-state index >= 15 is 0 Å². The first-order valence-corrected chi connectivity index (χ1v) is 3.65. The van der Waals surface area contributed by atoms with Crippen LogP contribution in [0.25, 0.3) is 0 Å². The zero-order valence-corrected chi connectivity index (χ0v) is 6.12. The molecule has 0 saturated heterocycles. The lowest BCUT2D eigenvalue weighted by atomic mass is 10.0. The second kappa shape index (κ2) is 2.61. The van der Waals surface area contributed by atoms with Crippen LogP contribution in [0, 0.1) is 0 Å². The van der Waals surface area contributed by atoms with E-state index in [4.69, 9.17) is 0 Å². The van der Waals surface area contributed by atoms with Crippen molar-refractivity contribution in [3.05, 3.63) is 65.5 Å². The van der Waals surface area contributed by atoms with E-state index in [9.17, 15) is 0 Å². The van der Waals surface area contributed by atoms with E-state index in [-0.39, 0.29) is 0 Å². The maximum Gasteiger partial charge on any atom is 0.0237 e. The highest BCUT2D eigenvalue weighted by molar-refractivity contribution is 5.53. The third kappa shape index (κ3) is 1.17. The summed E-state index contributed by atoms with van der Waals surface area (Å²) in [7, 11) is 0. The maximum atomic E-state index is 3.17. The van der Waals surface area contributed by atoms with E-state index in [0.717, 1.165) is 5.57 Å². The van der Waals surface area contributed by atoms with Gasteiger partial charge >= 0.3 is 0 Å². The Morgan fingerprint density at radius 1 is 0.909 bits per heavy atom. The van der Waals surface area contributed by atoms with E-state index < -0.39 is 0 Å². The molecule has 11 heavy (non-hydrogen) atoms. The lowest BCUT2D eigenvalue weighted by Crippen LogP contribution is -1.82. The topological polar surface area (TPSA) is 0 Å². The first-order chi connectivity index (χ1) is 5.47. The highest BCUT2D eigenvalue weighted by Gasteiger charge is 1.99. The monoisotopic (exact) mass is 140 g/mol. The van der Waals surface area contributed by atoms with Crippen molar-refractivity contribution >= 4 is 0 Å². The molecule has 52 valence electrons. The Bertz CT molecular complexity index is 340. The van der Waals surface area contributed by atoms with E-state index in [1.807, 2.05) is 30.4 Å². The second-order valence-electron chi connectivity index (χ2n) is 2.45. The van der Waals surface area contributed by atoms with Crippen molar-refractivity contribution in [3.63, 3.8) is 0 Å². The smallest absolute Gasteiger partial charge is 0.0237 e. The number of rotatable bonds is 0. The molecule has 2 rings (SSSR count). The molecular formula is C11H8. The van der Waals surface area contributed by atoms with Gasteiger partial charge in [-0.3, -0.25) is 0 Å². The largest absolute Gasteiger partial charge is 0.112 e. The third-order valence-electron chi connectivity index (χ3n) is 1.68. The molecule has 0 aromatic carbocycles. The summed E-state index contributed by atoms with van der Waals surface area (Å²) < 4.78 is 0. The molecule has 0 heteroatoms. The average molecular weight is 140 g/mol. The van der Waals surface area contributed by atoms with Gasteiger partial charge in [-0.2, -0.15) is 0 Å². The summed E-state index contributed by atoms with van der Waals surface area (Å²) in [6, 6.07) is 0. The van der Waals surface area contributed by atoms with Gasteiger partial charge in [0.1, 0.15) is 0 Å². The van der Waals surface area contributed by atoms with Crippen molar-refractivity contribution in [2.75, 3.05) is 0 Å². The van der Waals surface area contributed by atoms with E-state index in [0.29, 0.717) is 0 Å². The SMILES string of the molecule is C1=CC=CC2=CC=CC=CC=12. The summed E-state index contributed by atoms with van der Waals surface area (Å²) in [4.78, 5) is 0. The van der Waals surface area contributed by atoms with Gasteiger partial charge in [0.25, 0.3) is 0 Å². The summed E-state index contributed by atoms with van der Waals surface area (Å²) in [6.07, 6.45) is 16.3. The molecule has 0 radical (unpaired) electrons. The highest BCUT2D eigenvalue weighted by Crippen LogP contribution is 2.17. The van der Waals surface area contributed by atoms with E-state index in [1.54, 1.807) is 0 Å². The van der Waals surface area contributed by atoms with Crippen LogP contribution < -0.4 is 0 Å². The molecule has 0 unspecified atom stereocenters. The fourth-order valence-electron chi connectivity index (χ4n) is 1.13. The van der Waals surface area contributed by atoms with Crippen molar-refractivity contribution in [1.29, 1.82) is 0 Å². The van der Waals surface area contributed by atoms with Crippen LogP contribution in [0.4, 0.5) is 0 Å². The number of hydrogen-bond donors (Lipinski definition) is 0. The van der Waals surface area contributed by atoms with E-state index in [2.05, 4.69) is 24.0 Å². The minimum Gasteiger partial charge on any atom is -0.112 e. The molecule has 0 aromatic heterocycles. The summed E-state index contributed by atoms with van der Waals surface area (Å²) in [5.41, 5.74) is 5.57. The molecule has 0 aromatic rings. The molecule has 2 aliphatic rings. The van der Waals surface area contributed by atoms with Crippen LogP contribution in [0.2, 0.25) is 0 Å². The number of allylic oxidation sites excluding steroid dienone is 9. The van der Waals surface area contributed by atoms with Crippen molar-refractivity contribution in [3.8, 4) is 0 Å². The van der Waals surface area contributed by atoms with Gasteiger partial charge in [0.15, 0.2) is 0 Å². The van der Waals surface area contributed by atoms with Gasteiger partial charge < -0.3 is 0 Å². The van der Waals surface area contributed by atoms with Gasteiger partial charge in [0, 0.05) is 5.57 Å². The fourth-order valence-corrected chi connectivity index (χ4v) is 1.13. The van der Waals surface area contributed by atoms with Gasteiger partial charge in [-0.05, 0) is 17.7 Å².